The monoisotopic (exact) mass is 480 g/mol. The molecule has 0 heterocycles. The second kappa shape index (κ2) is 12.4. The second-order valence-electron chi connectivity index (χ2n) is 9.04. The number of benzene rings is 4. The Morgan fingerprint density at radius 1 is 0.472 bits per heavy atom. The van der Waals surface area contributed by atoms with Gasteiger partial charge in [0.15, 0.2) is 0 Å². The van der Waals surface area contributed by atoms with Crippen LogP contribution in [0.3, 0.4) is 0 Å². The molecule has 0 amide bonds. The maximum atomic E-state index is 5.85. The molecule has 0 radical (unpaired) electrons. The van der Waals surface area contributed by atoms with E-state index in [2.05, 4.69) is 109 Å². The molecule has 2 N–H and O–H groups in total. The summed E-state index contributed by atoms with van der Waals surface area (Å²) in [4.78, 5) is 0. The standard InChI is InChI=1S/C32H36N2O2/c1-23(25-15-7-5-8-16-25)33-31(27-19-11-13-21-29(27)35-3)32(28-20-12-14-22-30(28)36-4)34-24(2)26-17-9-6-10-18-26/h5-24,31-34H,1-4H3/t23-,24-,31-,32-/m0/s1. The van der Waals surface area contributed by atoms with Crippen LogP contribution in [0.5, 0.6) is 11.5 Å². The first-order valence-electron chi connectivity index (χ1n) is 12.5. The molecule has 0 spiro atoms. The van der Waals surface area contributed by atoms with Gasteiger partial charge in [-0.2, -0.15) is 0 Å². The van der Waals surface area contributed by atoms with E-state index >= 15 is 0 Å². The molecule has 0 aromatic heterocycles. The van der Waals surface area contributed by atoms with E-state index in [9.17, 15) is 0 Å². The molecule has 0 unspecified atom stereocenters. The Hall–Kier alpha value is -3.60. The van der Waals surface area contributed by atoms with Crippen molar-refractivity contribution in [3.63, 3.8) is 0 Å². The first-order valence-corrected chi connectivity index (χ1v) is 12.5. The summed E-state index contributed by atoms with van der Waals surface area (Å²) in [6, 6.07) is 37.6. The van der Waals surface area contributed by atoms with Crippen molar-refractivity contribution in [2.45, 2.75) is 38.0 Å². The molecule has 0 bridgehead atoms. The Morgan fingerprint density at radius 3 is 1.17 bits per heavy atom. The predicted octanol–water partition coefficient (Wildman–Crippen LogP) is 7.19. The zero-order valence-corrected chi connectivity index (χ0v) is 21.5. The summed E-state index contributed by atoms with van der Waals surface area (Å²) >= 11 is 0. The summed E-state index contributed by atoms with van der Waals surface area (Å²) in [5.41, 5.74) is 4.64. The molecule has 0 aliphatic carbocycles. The number of methoxy groups -OCH3 is 2. The minimum absolute atomic E-state index is 0.104. The predicted molar refractivity (Wildman–Crippen MR) is 147 cm³/mol. The fourth-order valence-electron chi connectivity index (χ4n) is 4.79. The molecule has 0 saturated heterocycles. The van der Waals surface area contributed by atoms with Crippen molar-refractivity contribution in [3.8, 4) is 11.5 Å². The maximum absolute atomic E-state index is 5.85. The van der Waals surface area contributed by atoms with Crippen molar-refractivity contribution >= 4 is 0 Å². The van der Waals surface area contributed by atoms with E-state index < -0.39 is 0 Å². The van der Waals surface area contributed by atoms with Gasteiger partial charge in [0.05, 0.1) is 26.3 Å². The molecule has 0 saturated carbocycles. The van der Waals surface area contributed by atoms with E-state index in [1.807, 2.05) is 24.3 Å². The summed E-state index contributed by atoms with van der Waals surface area (Å²) in [7, 11) is 3.46. The number of nitrogens with one attached hydrogen (secondary N) is 2. The summed E-state index contributed by atoms with van der Waals surface area (Å²) < 4.78 is 11.7. The maximum Gasteiger partial charge on any atom is 0.123 e. The van der Waals surface area contributed by atoms with Crippen molar-refractivity contribution in [3.05, 3.63) is 131 Å². The van der Waals surface area contributed by atoms with Gasteiger partial charge in [-0.15, -0.1) is 0 Å². The highest BCUT2D eigenvalue weighted by Crippen LogP contribution is 2.40. The van der Waals surface area contributed by atoms with Gasteiger partial charge in [0.2, 0.25) is 0 Å². The SMILES string of the molecule is COc1ccccc1[C@H](N[C@@H](C)c1ccccc1)[C@@H](N[C@@H](C)c1ccccc1)c1ccccc1OC. The van der Waals surface area contributed by atoms with Crippen LogP contribution in [-0.4, -0.2) is 14.2 Å². The van der Waals surface area contributed by atoms with Crippen LogP contribution in [0.15, 0.2) is 109 Å². The van der Waals surface area contributed by atoms with Gasteiger partial charge in [-0.25, -0.2) is 0 Å². The van der Waals surface area contributed by atoms with E-state index in [1.54, 1.807) is 14.2 Å². The Morgan fingerprint density at radius 2 is 0.806 bits per heavy atom. The first kappa shape index (κ1) is 25.5. The van der Waals surface area contributed by atoms with E-state index in [1.165, 1.54) is 11.1 Å². The van der Waals surface area contributed by atoms with Gasteiger partial charge in [-0.3, -0.25) is 0 Å². The van der Waals surface area contributed by atoms with Crippen LogP contribution in [0, 0.1) is 0 Å². The van der Waals surface area contributed by atoms with Gasteiger partial charge in [-0.05, 0) is 37.1 Å². The average molecular weight is 481 g/mol. The lowest BCUT2D eigenvalue weighted by atomic mass is 9.89. The van der Waals surface area contributed by atoms with Crippen LogP contribution in [0.4, 0.5) is 0 Å². The second-order valence-corrected chi connectivity index (χ2v) is 9.04. The van der Waals surface area contributed by atoms with E-state index in [0.717, 1.165) is 22.6 Å². The van der Waals surface area contributed by atoms with Gasteiger partial charge in [0, 0.05) is 23.2 Å². The van der Waals surface area contributed by atoms with Gasteiger partial charge < -0.3 is 20.1 Å². The third kappa shape index (κ3) is 5.96. The van der Waals surface area contributed by atoms with Crippen molar-refractivity contribution in [1.82, 2.24) is 10.6 Å². The molecule has 4 aromatic carbocycles. The molecule has 4 rings (SSSR count). The van der Waals surface area contributed by atoms with Gasteiger partial charge >= 0.3 is 0 Å². The van der Waals surface area contributed by atoms with Gasteiger partial charge in [0.25, 0.3) is 0 Å². The number of para-hydroxylation sites is 2. The minimum Gasteiger partial charge on any atom is -0.496 e. The molecule has 0 aliphatic heterocycles. The fourth-order valence-corrected chi connectivity index (χ4v) is 4.79. The Kier molecular flexibility index (Phi) is 8.77. The normalized spacial score (nSPS) is 14.4. The number of rotatable bonds is 11. The summed E-state index contributed by atoms with van der Waals surface area (Å²) in [6.45, 7) is 4.41. The van der Waals surface area contributed by atoms with E-state index in [-0.39, 0.29) is 24.2 Å². The molecular weight excluding hydrogens is 444 g/mol. The van der Waals surface area contributed by atoms with E-state index in [4.69, 9.17) is 9.47 Å². The molecule has 4 nitrogen and oxygen atoms in total. The van der Waals surface area contributed by atoms with E-state index in [0.29, 0.717) is 0 Å². The highest BCUT2D eigenvalue weighted by molar-refractivity contribution is 5.43. The van der Waals surface area contributed by atoms with Crippen molar-refractivity contribution in [1.29, 1.82) is 0 Å². The number of ether oxygens (including phenoxy) is 2. The third-order valence-electron chi connectivity index (χ3n) is 6.74. The number of hydrogen-bond donors (Lipinski definition) is 2. The van der Waals surface area contributed by atoms with Crippen LogP contribution in [0.25, 0.3) is 0 Å². The lowest BCUT2D eigenvalue weighted by molar-refractivity contribution is 0.310. The molecule has 186 valence electrons. The van der Waals surface area contributed by atoms with Gasteiger partial charge in [0.1, 0.15) is 11.5 Å². The topological polar surface area (TPSA) is 42.5 Å². The minimum atomic E-state index is -0.112. The lowest BCUT2D eigenvalue weighted by Gasteiger charge is -2.35. The third-order valence-corrected chi connectivity index (χ3v) is 6.74. The average Bonchev–Trinajstić information content (AvgIpc) is 2.95. The first-order chi connectivity index (χ1) is 17.6. The van der Waals surface area contributed by atoms with Crippen molar-refractivity contribution in [2.75, 3.05) is 14.2 Å². The fraction of sp³-hybridized carbons (Fsp3) is 0.250. The molecule has 0 aliphatic rings. The van der Waals surface area contributed by atoms with Crippen LogP contribution >= 0.6 is 0 Å². The summed E-state index contributed by atoms with van der Waals surface area (Å²) in [5.74, 6) is 1.70. The number of hydrogen-bond acceptors (Lipinski definition) is 4. The zero-order chi connectivity index (χ0) is 25.3. The van der Waals surface area contributed by atoms with Crippen LogP contribution < -0.4 is 20.1 Å². The molecule has 0 fully saturated rings. The van der Waals surface area contributed by atoms with Crippen LogP contribution in [0.2, 0.25) is 0 Å². The molecule has 4 atom stereocenters. The van der Waals surface area contributed by atoms with Crippen molar-refractivity contribution < 1.29 is 9.47 Å². The molecule has 4 aromatic rings. The van der Waals surface area contributed by atoms with Crippen molar-refractivity contribution in [2.24, 2.45) is 0 Å². The smallest absolute Gasteiger partial charge is 0.123 e. The van der Waals surface area contributed by atoms with Gasteiger partial charge in [-0.1, -0.05) is 97.1 Å². The quantitative estimate of drug-likeness (QED) is 0.238. The largest absolute Gasteiger partial charge is 0.496 e. The summed E-state index contributed by atoms with van der Waals surface area (Å²) in [5, 5.41) is 7.87. The Bertz CT molecular complexity index is 1120. The highest BCUT2D eigenvalue weighted by atomic mass is 16.5. The van der Waals surface area contributed by atoms with Crippen LogP contribution in [0.1, 0.15) is 60.3 Å². The summed E-state index contributed by atoms with van der Waals surface area (Å²) in [6.07, 6.45) is 0. The lowest BCUT2D eigenvalue weighted by Crippen LogP contribution is -2.38. The molecule has 36 heavy (non-hydrogen) atoms. The Labute approximate surface area is 215 Å². The zero-order valence-electron chi connectivity index (χ0n) is 21.5. The Balaban J connectivity index is 1.82. The molecular formula is C32H36N2O2. The van der Waals surface area contributed by atoms with Crippen LogP contribution in [-0.2, 0) is 0 Å². The highest BCUT2D eigenvalue weighted by Gasteiger charge is 2.31. The molecule has 4 heteroatoms.